The quantitative estimate of drug-likeness (QED) is 0.406. The van der Waals surface area contributed by atoms with E-state index in [0.717, 1.165) is 24.8 Å². The molecule has 0 N–H and O–H groups in total. The molecule has 2 saturated heterocycles. The molecule has 6 rings (SSSR count). The minimum Gasteiger partial charge on any atom is -0.493 e. The Bertz CT molecular complexity index is 1360. The summed E-state index contributed by atoms with van der Waals surface area (Å²) in [7, 11) is 3.01. The molecule has 0 radical (unpaired) electrons. The van der Waals surface area contributed by atoms with Crippen LogP contribution in [0.25, 0.3) is 0 Å². The Morgan fingerprint density at radius 1 is 1.00 bits per heavy atom. The lowest BCUT2D eigenvalue weighted by molar-refractivity contribution is -0.273. The van der Waals surface area contributed by atoms with Crippen molar-refractivity contribution in [2.75, 3.05) is 20.8 Å². The van der Waals surface area contributed by atoms with Gasteiger partial charge in [0.15, 0.2) is 17.5 Å². The largest absolute Gasteiger partial charge is 0.493 e. The van der Waals surface area contributed by atoms with Crippen LogP contribution in [0, 0.1) is 5.41 Å². The van der Waals surface area contributed by atoms with Crippen molar-refractivity contribution in [3.63, 3.8) is 0 Å². The van der Waals surface area contributed by atoms with Crippen LogP contribution in [0.2, 0.25) is 0 Å². The van der Waals surface area contributed by atoms with Gasteiger partial charge in [-0.25, -0.2) is 4.79 Å². The second kappa shape index (κ2) is 9.83. The number of carbonyl (C=O) groups excluding carboxylic acids is 3. The Labute approximate surface area is 232 Å². The Kier molecular flexibility index (Phi) is 6.43. The third kappa shape index (κ3) is 3.68. The predicted octanol–water partition coefficient (Wildman–Crippen LogP) is 3.87. The van der Waals surface area contributed by atoms with Crippen molar-refractivity contribution in [2.45, 2.75) is 62.8 Å². The molecule has 40 heavy (non-hydrogen) atoms. The highest BCUT2D eigenvalue weighted by Gasteiger charge is 2.76. The number of benzene rings is 2. The Morgan fingerprint density at radius 2 is 1.70 bits per heavy atom. The molecule has 3 atom stereocenters. The number of esters is 3. The Morgan fingerprint density at radius 3 is 2.38 bits per heavy atom. The summed E-state index contributed by atoms with van der Waals surface area (Å²) in [6.45, 7) is 1.81. The lowest BCUT2D eigenvalue weighted by atomic mass is 9.65. The van der Waals surface area contributed by atoms with Crippen LogP contribution in [0.15, 0.2) is 47.6 Å². The van der Waals surface area contributed by atoms with Crippen LogP contribution < -0.4 is 9.47 Å². The van der Waals surface area contributed by atoms with E-state index >= 15 is 0 Å². The number of fused-ring (bicyclic) bond motifs is 4. The van der Waals surface area contributed by atoms with Crippen molar-refractivity contribution in [3.05, 3.63) is 59.2 Å². The highest BCUT2D eigenvalue weighted by Crippen LogP contribution is 2.63. The number of hydrogen-bond donors (Lipinski definition) is 0. The van der Waals surface area contributed by atoms with Gasteiger partial charge in [-0.2, -0.15) is 5.10 Å². The van der Waals surface area contributed by atoms with Crippen molar-refractivity contribution in [2.24, 2.45) is 10.5 Å². The molecule has 3 fully saturated rings. The average molecular weight is 549 g/mol. The molecule has 4 aliphatic rings. The summed E-state index contributed by atoms with van der Waals surface area (Å²) >= 11 is 0. The van der Waals surface area contributed by atoms with Crippen LogP contribution in [0.3, 0.4) is 0 Å². The van der Waals surface area contributed by atoms with E-state index in [1.54, 1.807) is 31.3 Å². The topological polar surface area (TPSA) is 113 Å². The highest BCUT2D eigenvalue weighted by atomic mass is 16.7. The molecule has 1 saturated carbocycles. The molecular weight excluding hydrogens is 516 g/mol. The van der Waals surface area contributed by atoms with Crippen LogP contribution in [0.4, 0.5) is 0 Å². The van der Waals surface area contributed by atoms with Gasteiger partial charge in [0.2, 0.25) is 5.41 Å². The van der Waals surface area contributed by atoms with Crippen molar-refractivity contribution in [1.82, 2.24) is 5.01 Å². The molecule has 3 aliphatic heterocycles. The summed E-state index contributed by atoms with van der Waals surface area (Å²) in [6.07, 6.45) is 5.03. The molecule has 3 heterocycles. The first kappa shape index (κ1) is 26.2. The fourth-order valence-electron chi connectivity index (χ4n) is 6.82. The van der Waals surface area contributed by atoms with Gasteiger partial charge in [0.25, 0.3) is 5.79 Å². The van der Waals surface area contributed by atoms with Gasteiger partial charge >= 0.3 is 17.9 Å². The van der Waals surface area contributed by atoms with Crippen molar-refractivity contribution >= 4 is 24.1 Å². The second-order valence-electron chi connectivity index (χ2n) is 10.6. The first-order chi connectivity index (χ1) is 19.4. The van der Waals surface area contributed by atoms with Gasteiger partial charge in [-0.1, -0.05) is 36.8 Å². The summed E-state index contributed by atoms with van der Waals surface area (Å²) in [6, 6.07) is 10.4. The first-order valence-corrected chi connectivity index (χ1v) is 13.7. The molecule has 10 nitrogen and oxygen atoms in total. The van der Waals surface area contributed by atoms with Crippen LogP contribution in [-0.2, 0) is 28.6 Å². The second-order valence-corrected chi connectivity index (χ2v) is 10.6. The molecule has 2 aromatic rings. The predicted molar refractivity (Wildman–Crippen MR) is 142 cm³/mol. The van der Waals surface area contributed by atoms with Crippen molar-refractivity contribution in [1.29, 1.82) is 0 Å². The number of hydrogen-bond acceptors (Lipinski definition) is 10. The normalized spacial score (nSPS) is 25.6. The zero-order valence-electron chi connectivity index (χ0n) is 22.8. The molecule has 0 amide bonds. The third-order valence-corrected chi connectivity index (χ3v) is 8.55. The zero-order valence-corrected chi connectivity index (χ0v) is 22.8. The number of ether oxygens (including phenoxy) is 5. The van der Waals surface area contributed by atoms with Crippen LogP contribution in [0.1, 0.15) is 67.7 Å². The highest BCUT2D eigenvalue weighted by molar-refractivity contribution is 6.06. The van der Waals surface area contributed by atoms with Crippen LogP contribution in [0.5, 0.6) is 11.5 Å². The third-order valence-electron chi connectivity index (χ3n) is 8.55. The summed E-state index contributed by atoms with van der Waals surface area (Å²) in [5.74, 6) is -3.59. The molecule has 1 aliphatic carbocycles. The van der Waals surface area contributed by atoms with Crippen LogP contribution >= 0.6 is 0 Å². The summed E-state index contributed by atoms with van der Waals surface area (Å²) in [4.78, 5) is 42.8. The fourth-order valence-corrected chi connectivity index (χ4v) is 6.82. The standard InChI is InChI=1S/C30H32N2O8/c1-4-38-26(33)24-23(18-12-13-21(36-2)22(16-18)37-3)30(25-20-11-7-6-10-19(20)17-31-32(24)25)27(34)39-29(40-28(30)35)14-8-5-9-15-29/h6-7,10-13,16-17,23-25H,4-5,8-9,14-15H2,1-3H3/t23-,24+,25-/m1/s1. The van der Waals surface area contributed by atoms with Gasteiger partial charge in [-0.3, -0.25) is 14.6 Å². The van der Waals surface area contributed by atoms with E-state index in [9.17, 15) is 14.4 Å². The molecule has 0 unspecified atom stereocenters. The molecular formula is C30H32N2O8. The first-order valence-electron chi connectivity index (χ1n) is 13.7. The van der Waals surface area contributed by atoms with E-state index in [4.69, 9.17) is 23.7 Å². The molecule has 10 heteroatoms. The van der Waals surface area contributed by atoms with Gasteiger partial charge in [-0.15, -0.1) is 0 Å². The lowest BCUT2D eigenvalue weighted by Gasteiger charge is -2.47. The van der Waals surface area contributed by atoms with Crippen molar-refractivity contribution < 1.29 is 38.1 Å². The number of methoxy groups -OCH3 is 2. The van der Waals surface area contributed by atoms with Gasteiger partial charge in [0.1, 0.15) is 6.04 Å². The van der Waals surface area contributed by atoms with E-state index in [-0.39, 0.29) is 6.61 Å². The molecule has 210 valence electrons. The van der Waals surface area contributed by atoms with Gasteiger partial charge < -0.3 is 23.7 Å². The maximum absolute atomic E-state index is 14.5. The van der Waals surface area contributed by atoms with E-state index in [2.05, 4.69) is 5.10 Å². The summed E-state index contributed by atoms with van der Waals surface area (Å²) < 4.78 is 28.8. The number of rotatable bonds is 5. The van der Waals surface area contributed by atoms with Crippen molar-refractivity contribution in [3.8, 4) is 11.5 Å². The molecule has 0 aromatic heterocycles. The van der Waals surface area contributed by atoms with E-state index in [1.807, 2.05) is 24.3 Å². The van der Waals surface area contributed by atoms with Gasteiger partial charge in [0, 0.05) is 18.8 Å². The SMILES string of the molecule is CCOC(=O)[C@@H]1[C@@H](c2ccc(OC)c(OC)c2)C2(C(=O)OC3(CCCCC3)OC2=O)[C@H]2c3ccccc3C=NN12. The van der Waals surface area contributed by atoms with Crippen LogP contribution in [-0.4, -0.2) is 61.8 Å². The Hall–Kier alpha value is -4.08. The maximum Gasteiger partial charge on any atom is 0.331 e. The maximum atomic E-state index is 14.5. The molecule has 0 bridgehead atoms. The van der Waals surface area contributed by atoms with E-state index < -0.39 is 47.1 Å². The lowest BCUT2D eigenvalue weighted by Crippen LogP contribution is -2.60. The number of nitrogens with zero attached hydrogens (tertiary/aromatic N) is 2. The number of hydrazone groups is 1. The average Bonchev–Trinajstić information content (AvgIpc) is 3.29. The fraction of sp³-hybridized carbons (Fsp3) is 0.467. The Balaban J connectivity index is 1.61. The smallest absolute Gasteiger partial charge is 0.331 e. The minimum atomic E-state index is -1.95. The van der Waals surface area contributed by atoms with Gasteiger partial charge in [-0.05, 0) is 48.6 Å². The number of carbonyl (C=O) groups is 3. The monoisotopic (exact) mass is 548 g/mol. The summed E-state index contributed by atoms with van der Waals surface area (Å²) in [5, 5.41) is 6.15. The van der Waals surface area contributed by atoms with E-state index in [1.165, 1.54) is 19.2 Å². The zero-order chi connectivity index (χ0) is 28.1. The van der Waals surface area contributed by atoms with E-state index in [0.29, 0.717) is 35.5 Å². The minimum absolute atomic E-state index is 0.109. The molecule has 2 aromatic carbocycles. The van der Waals surface area contributed by atoms with Gasteiger partial charge in [0.05, 0.1) is 27.0 Å². The summed E-state index contributed by atoms with van der Waals surface area (Å²) in [5.41, 5.74) is -0.0556. The molecule has 2 spiro atoms.